The van der Waals surface area contributed by atoms with Gasteiger partial charge in [0.2, 0.25) is 0 Å². The predicted molar refractivity (Wildman–Crippen MR) is 54.6 cm³/mol. The fourth-order valence-electron chi connectivity index (χ4n) is 1.26. The molecule has 0 aliphatic rings. The standard InChI is InChI=1S/C10H11ClN2/c1-2-3-9-7(6-12)4-8(13)5-10(9)11/h4-5H,2-3,13H2,1H3. The molecule has 0 aromatic heterocycles. The minimum absolute atomic E-state index is 0.543. The Morgan fingerprint density at radius 3 is 2.77 bits per heavy atom. The van der Waals surface area contributed by atoms with Crippen LogP contribution in [0.2, 0.25) is 5.02 Å². The average Bonchev–Trinajstić information content (AvgIpc) is 2.09. The SMILES string of the molecule is CCCc1c(Cl)cc(N)cc1C#N. The predicted octanol–water partition coefficient (Wildman–Crippen LogP) is 2.75. The van der Waals surface area contributed by atoms with E-state index < -0.39 is 0 Å². The molecule has 3 heteroatoms. The van der Waals surface area contributed by atoms with Gasteiger partial charge < -0.3 is 5.73 Å². The van der Waals surface area contributed by atoms with Crippen LogP contribution in [-0.2, 0) is 6.42 Å². The number of anilines is 1. The van der Waals surface area contributed by atoms with E-state index in [4.69, 9.17) is 22.6 Å². The summed E-state index contributed by atoms with van der Waals surface area (Å²) in [5.74, 6) is 0. The van der Waals surface area contributed by atoms with Crippen molar-refractivity contribution < 1.29 is 0 Å². The normalized spacial score (nSPS) is 9.62. The fraction of sp³-hybridized carbons (Fsp3) is 0.300. The molecule has 1 rings (SSSR count). The zero-order valence-corrected chi connectivity index (χ0v) is 8.23. The summed E-state index contributed by atoms with van der Waals surface area (Å²) in [6.45, 7) is 2.05. The van der Waals surface area contributed by atoms with E-state index in [-0.39, 0.29) is 0 Å². The van der Waals surface area contributed by atoms with Crippen molar-refractivity contribution in [3.8, 4) is 6.07 Å². The Morgan fingerprint density at radius 2 is 2.23 bits per heavy atom. The molecule has 2 N–H and O–H groups in total. The Bertz CT molecular complexity index is 353. The van der Waals surface area contributed by atoms with Crippen molar-refractivity contribution in [2.24, 2.45) is 0 Å². The van der Waals surface area contributed by atoms with Gasteiger partial charge in [0, 0.05) is 10.7 Å². The molecule has 0 radical (unpaired) electrons. The number of nitriles is 1. The maximum Gasteiger partial charge on any atom is 0.0995 e. The monoisotopic (exact) mass is 194 g/mol. The molecular weight excluding hydrogens is 184 g/mol. The summed E-state index contributed by atoms with van der Waals surface area (Å²) < 4.78 is 0. The van der Waals surface area contributed by atoms with Gasteiger partial charge in [-0.05, 0) is 24.1 Å². The largest absolute Gasteiger partial charge is 0.399 e. The van der Waals surface area contributed by atoms with Crippen LogP contribution >= 0.6 is 11.6 Å². The molecule has 0 aliphatic carbocycles. The third kappa shape index (κ3) is 2.13. The Balaban J connectivity index is 3.23. The van der Waals surface area contributed by atoms with Gasteiger partial charge >= 0.3 is 0 Å². The second-order valence-corrected chi connectivity index (χ2v) is 3.30. The third-order valence-corrected chi connectivity index (χ3v) is 2.18. The molecule has 0 unspecified atom stereocenters. The minimum atomic E-state index is 0.543. The van der Waals surface area contributed by atoms with E-state index in [1.54, 1.807) is 12.1 Å². The average molecular weight is 195 g/mol. The Labute approximate surface area is 82.9 Å². The number of benzene rings is 1. The van der Waals surface area contributed by atoms with E-state index in [0.29, 0.717) is 16.3 Å². The topological polar surface area (TPSA) is 49.8 Å². The van der Waals surface area contributed by atoms with Crippen molar-refractivity contribution in [1.29, 1.82) is 5.26 Å². The number of nitrogens with two attached hydrogens (primary N) is 1. The fourth-order valence-corrected chi connectivity index (χ4v) is 1.58. The number of rotatable bonds is 2. The molecule has 68 valence electrons. The van der Waals surface area contributed by atoms with Crippen LogP contribution in [0.1, 0.15) is 24.5 Å². The highest BCUT2D eigenvalue weighted by atomic mass is 35.5. The maximum absolute atomic E-state index is 8.83. The first-order valence-corrected chi connectivity index (χ1v) is 4.54. The lowest BCUT2D eigenvalue weighted by molar-refractivity contribution is 0.919. The first-order chi connectivity index (χ1) is 6.19. The maximum atomic E-state index is 8.83. The molecule has 13 heavy (non-hydrogen) atoms. The molecular formula is C10H11ClN2. The summed E-state index contributed by atoms with van der Waals surface area (Å²) >= 11 is 5.96. The summed E-state index contributed by atoms with van der Waals surface area (Å²) in [6.07, 6.45) is 1.79. The van der Waals surface area contributed by atoms with E-state index in [0.717, 1.165) is 18.4 Å². The smallest absolute Gasteiger partial charge is 0.0995 e. The number of halogens is 1. The highest BCUT2D eigenvalue weighted by molar-refractivity contribution is 6.31. The van der Waals surface area contributed by atoms with Gasteiger partial charge in [0.1, 0.15) is 0 Å². The van der Waals surface area contributed by atoms with Crippen LogP contribution in [-0.4, -0.2) is 0 Å². The zero-order chi connectivity index (χ0) is 9.84. The molecule has 0 bridgehead atoms. The van der Waals surface area contributed by atoms with Crippen molar-refractivity contribution in [3.63, 3.8) is 0 Å². The molecule has 0 saturated heterocycles. The quantitative estimate of drug-likeness (QED) is 0.736. The Morgan fingerprint density at radius 1 is 1.54 bits per heavy atom. The van der Waals surface area contributed by atoms with Gasteiger partial charge in [-0.2, -0.15) is 5.26 Å². The first-order valence-electron chi connectivity index (χ1n) is 4.17. The molecule has 0 fully saturated rings. The van der Waals surface area contributed by atoms with E-state index in [1.807, 2.05) is 6.92 Å². The van der Waals surface area contributed by atoms with E-state index in [1.165, 1.54) is 0 Å². The third-order valence-electron chi connectivity index (χ3n) is 1.84. The molecule has 0 atom stereocenters. The zero-order valence-electron chi connectivity index (χ0n) is 7.47. The Hall–Kier alpha value is -1.20. The Kier molecular flexibility index (Phi) is 3.16. The van der Waals surface area contributed by atoms with E-state index >= 15 is 0 Å². The number of nitrogen functional groups attached to an aromatic ring is 1. The van der Waals surface area contributed by atoms with E-state index in [2.05, 4.69) is 6.07 Å². The van der Waals surface area contributed by atoms with Gasteiger partial charge in [-0.25, -0.2) is 0 Å². The minimum Gasteiger partial charge on any atom is -0.399 e. The van der Waals surface area contributed by atoms with Crippen molar-refractivity contribution in [1.82, 2.24) is 0 Å². The number of nitrogens with zero attached hydrogens (tertiary/aromatic N) is 1. The van der Waals surface area contributed by atoms with Gasteiger partial charge in [0.15, 0.2) is 0 Å². The summed E-state index contributed by atoms with van der Waals surface area (Å²) in [6, 6.07) is 5.45. The van der Waals surface area contributed by atoms with Crippen molar-refractivity contribution >= 4 is 17.3 Å². The van der Waals surface area contributed by atoms with Crippen LogP contribution in [0, 0.1) is 11.3 Å². The van der Waals surface area contributed by atoms with Crippen LogP contribution < -0.4 is 5.73 Å². The van der Waals surface area contributed by atoms with Crippen LogP contribution in [0.25, 0.3) is 0 Å². The molecule has 0 aliphatic heterocycles. The van der Waals surface area contributed by atoms with Crippen molar-refractivity contribution in [3.05, 3.63) is 28.3 Å². The van der Waals surface area contributed by atoms with Gasteiger partial charge in [0.05, 0.1) is 11.6 Å². The van der Waals surface area contributed by atoms with E-state index in [9.17, 15) is 0 Å². The highest BCUT2D eigenvalue weighted by Crippen LogP contribution is 2.24. The van der Waals surface area contributed by atoms with Crippen LogP contribution in [0.5, 0.6) is 0 Å². The second kappa shape index (κ2) is 4.15. The first kappa shape index (κ1) is 9.88. The molecule has 1 aromatic rings. The number of hydrogen-bond donors (Lipinski definition) is 1. The van der Waals surface area contributed by atoms with Gasteiger partial charge in [0.25, 0.3) is 0 Å². The van der Waals surface area contributed by atoms with Crippen molar-refractivity contribution in [2.75, 3.05) is 5.73 Å². The molecule has 1 aromatic carbocycles. The highest BCUT2D eigenvalue weighted by Gasteiger charge is 2.06. The lowest BCUT2D eigenvalue weighted by atomic mass is 10.0. The van der Waals surface area contributed by atoms with Crippen LogP contribution in [0.15, 0.2) is 12.1 Å². The van der Waals surface area contributed by atoms with Gasteiger partial charge in [-0.1, -0.05) is 24.9 Å². The molecule has 0 heterocycles. The summed E-state index contributed by atoms with van der Waals surface area (Å²) in [7, 11) is 0. The van der Waals surface area contributed by atoms with Crippen LogP contribution in [0.3, 0.4) is 0 Å². The summed E-state index contributed by atoms with van der Waals surface area (Å²) in [4.78, 5) is 0. The van der Waals surface area contributed by atoms with Crippen molar-refractivity contribution in [2.45, 2.75) is 19.8 Å². The second-order valence-electron chi connectivity index (χ2n) is 2.89. The summed E-state index contributed by atoms with van der Waals surface area (Å²) in [5.41, 5.74) is 7.60. The lowest BCUT2D eigenvalue weighted by Crippen LogP contribution is -1.94. The molecule has 0 saturated carbocycles. The van der Waals surface area contributed by atoms with Crippen LogP contribution in [0.4, 0.5) is 5.69 Å². The summed E-state index contributed by atoms with van der Waals surface area (Å²) in [5, 5.41) is 9.43. The molecule has 0 amide bonds. The molecule has 0 spiro atoms. The molecule has 2 nitrogen and oxygen atoms in total. The lowest BCUT2D eigenvalue weighted by Gasteiger charge is -2.05. The number of hydrogen-bond acceptors (Lipinski definition) is 2. The van der Waals surface area contributed by atoms with Gasteiger partial charge in [-0.15, -0.1) is 0 Å². The van der Waals surface area contributed by atoms with Gasteiger partial charge in [-0.3, -0.25) is 0 Å².